The lowest BCUT2D eigenvalue weighted by Gasteiger charge is -2.20. The van der Waals surface area contributed by atoms with E-state index < -0.39 is 6.10 Å². The van der Waals surface area contributed by atoms with E-state index in [1.807, 2.05) is 47.7 Å². The van der Waals surface area contributed by atoms with E-state index >= 15 is 0 Å². The third-order valence-corrected chi connectivity index (χ3v) is 5.13. The van der Waals surface area contributed by atoms with Gasteiger partial charge < -0.3 is 15.0 Å². The summed E-state index contributed by atoms with van der Waals surface area (Å²) in [5.41, 5.74) is 4.55. The molecule has 1 atom stereocenters. The maximum atomic E-state index is 12.9. The summed E-state index contributed by atoms with van der Waals surface area (Å²) in [6, 6.07) is 7.86. The molecule has 0 fully saturated rings. The van der Waals surface area contributed by atoms with Crippen LogP contribution in [0.25, 0.3) is 11.0 Å². The highest BCUT2D eigenvalue weighted by Crippen LogP contribution is 2.21. The van der Waals surface area contributed by atoms with Crippen molar-refractivity contribution in [2.24, 2.45) is 0 Å². The van der Waals surface area contributed by atoms with Crippen LogP contribution in [-0.2, 0) is 24.3 Å². The van der Waals surface area contributed by atoms with Gasteiger partial charge in [0.25, 0.3) is 0 Å². The number of aromatic nitrogens is 4. The number of fused-ring (bicyclic) bond motifs is 2. The summed E-state index contributed by atoms with van der Waals surface area (Å²) in [6.45, 7) is 5.89. The van der Waals surface area contributed by atoms with E-state index in [0.717, 1.165) is 47.6 Å². The second-order valence-electron chi connectivity index (χ2n) is 7.23. The Labute approximate surface area is 158 Å². The van der Waals surface area contributed by atoms with Gasteiger partial charge in [0.2, 0.25) is 5.91 Å². The van der Waals surface area contributed by atoms with E-state index in [1.54, 1.807) is 0 Å². The fourth-order valence-corrected chi connectivity index (χ4v) is 3.65. The number of hydrogen-bond acceptors (Lipinski definition) is 4. The average molecular weight is 367 g/mol. The fourth-order valence-electron chi connectivity index (χ4n) is 3.65. The first kappa shape index (κ1) is 17.7. The van der Waals surface area contributed by atoms with Crippen molar-refractivity contribution in [1.82, 2.24) is 24.6 Å². The van der Waals surface area contributed by atoms with Crippen LogP contribution in [0.2, 0.25) is 0 Å². The molecule has 7 nitrogen and oxygen atoms in total. The van der Waals surface area contributed by atoms with Crippen LogP contribution in [0.1, 0.15) is 48.6 Å². The summed E-state index contributed by atoms with van der Waals surface area (Å²) in [6.07, 6.45) is 1.32. The SMILES string of the molecule is CCC(O)c1cc2n(n1)CCCN(C(=O)Cc1ccc3nc(C)[nH]c3c1)C2. The summed E-state index contributed by atoms with van der Waals surface area (Å²) < 4.78 is 1.93. The summed E-state index contributed by atoms with van der Waals surface area (Å²) in [5, 5.41) is 14.6. The van der Waals surface area contributed by atoms with Gasteiger partial charge in [-0.25, -0.2) is 4.98 Å². The number of aryl methyl sites for hydroxylation is 2. The van der Waals surface area contributed by atoms with Crippen molar-refractivity contribution in [3.05, 3.63) is 47.0 Å². The number of carbonyl (C=O) groups is 1. The maximum absolute atomic E-state index is 12.9. The number of rotatable bonds is 4. The molecule has 2 aromatic heterocycles. The van der Waals surface area contributed by atoms with Gasteiger partial charge in [0.1, 0.15) is 5.82 Å². The van der Waals surface area contributed by atoms with Crippen molar-refractivity contribution in [3.8, 4) is 0 Å². The number of carbonyl (C=O) groups excluding carboxylic acids is 1. The van der Waals surface area contributed by atoms with E-state index in [0.29, 0.717) is 25.1 Å². The average Bonchev–Trinajstić information content (AvgIpc) is 3.16. The van der Waals surface area contributed by atoms with Gasteiger partial charge >= 0.3 is 0 Å². The van der Waals surface area contributed by atoms with Crippen molar-refractivity contribution < 1.29 is 9.90 Å². The largest absolute Gasteiger partial charge is 0.387 e. The zero-order chi connectivity index (χ0) is 19.0. The molecule has 0 radical (unpaired) electrons. The van der Waals surface area contributed by atoms with Crippen molar-refractivity contribution in [2.45, 2.75) is 52.3 Å². The highest BCUT2D eigenvalue weighted by Gasteiger charge is 2.22. The molecule has 0 saturated carbocycles. The predicted octanol–water partition coefficient (Wildman–Crippen LogP) is 2.49. The summed E-state index contributed by atoms with van der Waals surface area (Å²) in [7, 11) is 0. The van der Waals surface area contributed by atoms with Gasteiger partial charge in [-0.1, -0.05) is 13.0 Å². The molecule has 1 amide bonds. The van der Waals surface area contributed by atoms with Crippen LogP contribution >= 0.6 is 0 Å². The summed E-state index contributed by atoms with van der Waals surface area (Å²) >= 11 is 0. The second-order valence-corrected chi connectivity index (χ2v) is 7.23. The second kappa shape index (κ2) is 7.15. The van der Waals surface area contributed by atoms with Crippen molar-refractivity contribution in [1.29, 1.82) is 0 Å². The monoisotopic (exact) mass is 367 g/mol. The molecule has 2 N–H and O–H groups in total. The van der Waals surface area contributed by atoms with Crippen LogP contribution < -0.4 is 0 Å². The number of hydrogen-bond donors (Lipinski definition) is 2. The van der Waals surface area contributed by atoms with Gasteiger partial charge in [0.05, 0.1) is 41.5 Å². The lowest BCUT2D eigenvalue weighted by atomic mass is 10.1. The smallest absolute Gasteiger partial charge is 0.227 e. The van der Waals surface area contributed by atoms with Gasteiger partial charge in [0.15, 0.2) is 0 Å². The minimum atomic E-state index is -0.543. The molecular formula is C20H25N5O2. The highest BCUT2D eigenvalue weighted by molar-refractivity contribution is 5.81. The lowest BCUT2D eigenvalue weighted by Crippen LogP contribution is -2.32. The molecule has 1 aliphatic rings. The molecule has 1 aromatic carbocycles. The van der Waals surface area contributed by atoms with Crippen molar-refractivity contribution in [3.63, 3.8) is 0 Å². The summed E-state index contributed by atoms with van der Waals surface area (Å²) in [5.74, 6) is 0.983. The Morgan fingerprint density at radius 2 is 2.19 bits per heavy atom. The topological polar surface area (TPSA) is 87.0 Å². The zero-order valence-electron chi connectivity index (χ0n) is 15.8. The van der Waals surface area contributed by atoms with E-state index in [1.165, 1.54) is 0 Å². The van der Waals surface area contributed by atoms with Crippen LogP contribution in [0.3, 0.4) is 0 Å². The normalized spacial score (nSPS) is 15.6. The third-order valence-electron chi connectivity index (χ3n) is 5.13. The predicted molar refractivity (Wildman–Crippen MR) is 102 cm³/mol. The van der Waals surface area contributed by atoms with Crippen LogP contribution in [0, 0.1) is 6.92 Å². The Balaban J connectivity index is 1.50. The summed E-state index contributed by atoms with van der Waals surface area (Å²) in [4.78, 5) is 22.4. The molecule has 142 valence electrons. The Bertz CT molecular complexity index is 974. The van der Waals surface area contributed by atoms with Crippen molar-refractivity contribution in [2.75, 3.05) is 6.54 Å². The maximum Gasteiger partial charge on any atom is 0.227 e. The standard InChI is InChI=1S/C20H25N5O2/c1-3-19(26)18-11-15-12-24(7-4-8-25(15)23-18)20(27)10-14-5-6-16-17(9-14)22-13(2)21-16/h5-6,9,11,19,26H,3-4,7-8,10,12H2,1-2H3,(H,21,22). The Morgan fingerprint density at radius 3 is 3.00 bits per heavy atom. The van der Waals surface area contributed by atoms with Crippen LogP contribution in [0.15, 0.2) is 24.3 Å². The highest BCUT2D eigenvalue weighted by atomic mass is 16.3. The molecule has 7 heteroatoms. The molecule has 0 bridgehead atoms. The number of nitrogens with zero attached hydrogens (tertiary/aromatic N) is 4. The van der Waals surface area contributed by atoms with Gasteiger partial charge in [-0.15, -0.1) is 0 Å². The number of benzene rings is 1. The van der Waals surface area contributed by atoms with Crippen LogP contribution in [-0.4, -0.2) is 42.2 Å². The minimum Gasteiger partial charge on any atom is -0.387 e. The Hall–Kier alpha value is -2.67. The van der Waals surface area contributed by atoms with Crippen LogP contribution in [0.5, 0.6) is 0 Å². The molecule has 4 rings (SSSR count). The number of aliphatic hydroxyl groups excluding tert-OH is 1. The molecule has 3 aromatic rings. The van der Waals surface area contributed by atoms with Gasteiger partial charge in [-0.3, -0.25) is 9.48 Å². The molecule has 0 aliphatic carbocycles. The number of nitrogens with one attached hydrogen (secondary N) is 1. The van der Waals surface area contributed by atoms with E-state index in [9.17, 15) is 9.90 Å². The number of aromatic amines is 1. The molecule has 0 spiro atoms. The zero-order valence-corrected chi connectivity index (χ0v) is 15.8. The molecule has 1 aliphatic heterocycles. The number of imidazole rings is 1. The lowest BCUT2D eigenvalue weighted by molar-refractivity contribution is -0.131. The molecule has 0 saturated heterocycles. The first-order valence-corrected chi connectivity index (χ1v) is 9.51. The number of amides is 1. The number of aliphatic hydroxyl groups is 1. The molecule has 3 heterocycles. The molecular weight excluding hydrogens is 342 g/mol. The Kier molecular flexibility index (Phi) is 4.70. The first-order chi connectivity index (χ1) is 13.0. The fraction of sp³-hybridized carbons (Fsp3) is 0.450. The minimum absolute atomic E-state index is 0.109. The van der Waals surface area contributed by atoms with E-state index in [-0.39, 0.29) is 5.91 Å². The molecule has 27 heavy (non-hydrogen) atoms. The quantitative estimate of drug-likeness (QED) is 0.742. The van der Waals surface area contributed by atoms with E-state index in [2.05, 4.69) is 15.1 Å². The van der Waals surface area contributed by atoms with Crippen molar-refractivity contribution >= 4 is 16.9 Å². The van der Waals surface area contributed by atoms with Crippen LogP contribution in [0.4, 0.5) is 0 Å². The number of H-pyrrole nitrogens is 1. The third kappa shape index (κ3) is 3.60. The van der Waals surface area contributed by atoms with Gasteiger partial charge in [-0.2, -0.15) is 5.10 Å². The van der Waals surface area contributed by atoms with Gasteiger partial charge in [0, 0.05) is 13.1 Å². The van der Waals surface area contributed by atoms with Gasteiger partial charge in [-0.05, 0) is 43.5 Å². The Morgan fingerprint density at radius 1 is 1.33 bits per heavy atom. The molecule has 1 unspecified atom stereocenters. The first-order valence-electron chi connectivity index (χ1n) is 9.51. The van der Waals surface area contributed by atoms with E-state index in [4.69, 9.17) is 0 Å².